The average Bonchev–Trinajstić information content (AvgIpc) is 3.14. The quantitative estimate of drug-likeness (QED) is 0.260. The molecule has 0 saturated carbocycles. The van der Waals surface area contributed by atoms with E-state index in [0.29, 0.717) is 23.9 Å². The summed E-state index contributed by atoms with van der Waals surface area (Å²) in [6.07, 6.45) is 0.587. The molecule has 0 saturated heterocycles. The summed E-state index contributed by atoms with van der Waals surface area (Å²) in [6.45, 7) is 7.48. The Hall–Kier alpha value is -2.38. The number of benzene rings is 2. The number of carbonyl (C=O) groups is 1. The third-order valence-corrected chi connectivity index (χ3v) is 6.20. The Bertz CT molecular complexity index is 1060. The molecule has 3 rings (SSSR count). The zero-order chi connectivity index (χ0) is 24.0. The Morgan fingerprint density at radius 3 is 2.30 bits per heavy atom. The lowest BCUT2D eigenvalue weighted by Crippen LogP contribution is -2.43. The first-order valence-electron chi connectivity index (χ1n) is 11.3. The van der Waals surface area contributed by atoms with Crippen molar-refractivity contribution in [1.29, 1.82) is 0 Å². The number of aromatic nitrogens is 1. The summed E-state index contributed by atoms with van der Waals surface area (Å²) >= 11 is 6.37. The lowest BCUT2D eigenvalue weighted by atomic mass is 10.1. The van der Waals surface area contributed by atoms with Crippen molar-refractivity contribution in [3.05, 3.63) is 59.2 Å². The van der Waals surface area contributed by atoms with E-state index in [1.165, 1.54) is 0 Å². The van der Waals surface area contributed by atoms with Gasteiger partial charge in [0.15, 0.2) is 0 Å². The molecule has 1 heterocycles. The number of hydrogen-bond acceptors (Lipinski definition) is 5. The molecule has 0 aliphatic carbocycles. The maximum atomic E-state index is 13.1. The van der Waals surface area contributed by atoms with Gasteiger partial charge in [0, 0.05) is 43.1 Å². The minimum Gasteiger partial charge on any atom is -0.461 e. The van der Waals surface area contributed by atoms with E-state index in [2.05, 4.69) is 9.47 Å². The first-order valence-corrected chi connectivity index (χ1v) is 11.7. The van der Waals surface area contributed by atoms with Crippen LogP contribution in [0.5, 0.6) is 0 Å². The molecule has 0 N–H and O–H groups in total. The molecular formula is C26H33ClN2O4. The van der Waals surface area contributed by atoms with Gasteiger partial charge in [0.1, 0.15) is 18.1 Å². The third kappa shape index (κ3) is 5.58. The number of ether oxygens (including phenoxy) is 3. The van der Waals surface area contributed by atoms with E-state index in [9.17, 15) is 4.79 Å². The Kier molecular flexibility index (Phi) is 8.92. The fraction of sp³-hybridized carbons (Fsp3) is 0.423. The Balaban J connectivity index is 2.08. The first kappa shape index (κ1) is 25.2. The summed E-state index contributed by atoms with van der Waals surface area (Å²) < 4.78 is 18.6. The van der Waals surface area contributed by atoms with E-state index >= 15 is 0 Å². The second-order valence-electron chi connectivity index (χ2n) is 7.89. The number of nitrogens with zero attached hydrogens (tertiary/aromatic N) is 2. The van der Waals surface area contributed by atoms with Gasteiger partial charge >= 0.3 is 5.97 Å². The van der Waals surface area contributed by atoms with Gasteiger partial charge in [-0.15, -0.1) is 0 Å². The van der Waals surface area contributed by atoms with Crippen LogP contribution < -0.4 is 0 Å². The Morgan fingerprint density at radius 2 is 1.70 bits per heavy atom. The van der Waals surface area contributed by atoms with Crippen molar-refractivity contribution in [2.75, 3.05) is 27.4 Å². The van der Waals surface area contributed by atoms with Crippen molar-refractivity contribution >= 4 is 28.3 Å². The van der Waals surface area contributed by atoms with Gasteiger partial charge in [-0.3, -0.25) is 4.90 Å². The zero-order valence-electron chi connectivity index (χ0n) is 20.0. The lowest BCUT2D eigenvalue weighted by molar-refractivity contribution is -0.117. The molecule has 2 unspecified atom stereocenters. The molecule has 0 amide bonds. The summed E-state index contributed by atoms with van der Waals surface area (Å²) in [6, 6.07) is 15.7. The number of halogens is 1. The summed E-state index contributed by atoms with van der Waals surface area (Å²) in [5.41, 5.74) is 2.53. The van der Waals surface area contributed by atoms with E-state index in [1.807, 2.05) is 69.3 Å². The van der Waals surface area contributed by atoms with E-state index in [-0.39, 0.29) is 18.4 Å². The number of fused-ring (bicyclic) bond motifs is 1. The van der Waals surface area contributed by atoms with Crippen molar-refractivity contribution in [2.24, 2.45) is 0 Å². The maximum absolute atomic E-state index is 13.1. The largest absolute Gasteiger partial charge is 0.461 e. The molecule has 178 valence electrons. The molecule has 1 aromatic heterocycles. The van der Waals surface area contributed by atoms with Crippen molar-refractivity contribution < 1.29 is 19.0 Å². The van der Waals surface area contributed by atoms with Crippen molar-refractivity contribution in [3.8, 4) is 11.3 Å². The molecule has 3 aromatic rings. The Labute approximate surface area is 201 Å². The van der Waals surface area contributed by atoms with Crippen LogP contribution in [0.1, 0.15) is 37.7 Å². The molecule has 0 fully saturated rings. The van der Waals surface area contributed by atoms with Crippen LogP contribution in [0.3, 0.4) is 0 Å². The number of hydrogen-bond donors (Lipinski definition) is 0. The fourth-order valence-corrected chi connectivity index (χ4v) is 4.39. The van der Waals surface area contributed by atoms with Gasteiger partial charge in [-0.2, -0.15) is 0 Å². The smallest absolute Gasteiger partial charge is 0.355 e. The monoisotopic (exact) mass is 472 g/mol. The molecule has 0 spiro atoms. The summed E-state index contributed by atoms with van der Waals surface area (Å²) in [5, 5.41) is 2.40. The van der Waals surface area contributed by atoms with Gasteiger partial charge in [-0.1, -0.05) is 48.0 Å². The zero-order valence-corrected chi connectivity index (χ0v) is 20.8. The van der Waals surface area contributed by atoms with Crippen LogP contribution in [0.15, 0.2) is 48.5 Å². The average molecular weight is 473 g/mol. The predicted molar refractivity (Wildman–Crippen MR) is 133 cm³/mol. The molecule has 33 heavy (non-hydrogen) atoms. The second kappa shape index (κ2) is 11.7. The van der Waals surface area contributed by atoms with E-state index in [4.69, 9.17) is 25.8 Å². The van der Waals surface area contributed by atoms with Crippen LogP contribution >= 0.6 is 11.6 Å². The van der Waals surface area contributed by atoms with Gasteiger partial charge in [-0.25, -0.2) is 4.79 Å². The van der Waals surface area contributed by atoms with Crippen LogP contribution in [0.4, 0.5) is 0 Å². The molecule has 2 aromatic carbocycles. The van der Waals surface area contributed by atoms with Crippen molar-refractivity contribution in [1.82, 2.24) is 9.47 Å². The topological polar surface area (TPSA) is 52.9 Å². The fourth-order valence-electron chi connectivity index (χ4n) is 4.21. The molecular weight excluding hydrogens is 440 g/mol. The van der Waals surface area contributed by atoms with Crippen LogP contribution in [-0.4, -0.2) is 55.3 Å². The molecule has 0 aliphatic heterocycles. The highest BCUT2D eigenvalue weighted by Crippen LogP contribution is 2.36. The highest BCUT2D eigenvalue weighted by atomic mass is 35.5. The van der Waals surface area contributed by atoms with Gasteiger partial charge in [0.05, 0.1) is 12.3 Å². The van der Waals surface area contributed by atoms with Gasteiger partial charge in [0.25, 0.3) is 0 Å². The van der Waals surface area contributed by atoms with E-state index in [1.54, 1.807) is 14.2 Å². The van der Waals surface area contributed by atoms with Crippen molar-refractivity contribution in [2.45, 2.75) is 46.2 Å². The Morgan fingerprint density at radius 1 is 1.03 bits per heavy atom. The van der Waals surface area contributed by atoms with Crippen molar-refractivity contribution in [3.63, 3.8) is 0 Å². The standard InChI is InChI=1S/C26H33ClN2O4/c1-6-33-26(30)25-22-14-13-21(27)17-23(22)24(20-11-8-7-9-12-20)29(25)16-10-15-28(18(2)31-4)19(3)32-5/h7-9,11-14,17-19H,6,10,15-16H2,1-5H3. The molecule has 7 heteroatoms. The predicted octanol–water partition coefficient (Wildman–Crippen LogP) is 5.82. The molecule has 0 aliphatic rings. The lowest BCUT2D eigenvalue weighted by Gasteiger charge is -2.32. The van der Waals surface area contributed by atoms with Crippen LogP contribution in [0.25, 0.3) is 22.0 Å². The molecule has 0 bridgehead atoms. The summed E-state index contributed by atoms with van der Waals surface area (Å²) in [7, 11) is 3.38. The first-order chi connectivity index (χ1) is 15.9. The summed E-state index contributed by atoms with van der Waals surface area (Å²) in [4.78, 5) is 15.2. The highest BCUT2D eigenvalue weighted by Gasteiger charge is 2.25. The maximum Gasteiger partial charge on any atom is 0.355 e. The minimum absolute atomic E-state index is 0.0967. The molecule has 6 nitrogen and oxygen atoms in total. The number of rotatable bonds is 11. The van der Waals surface area contributed by atoms with Crippen LogP contribution in [-0.2, 0) is 20.8 Å². The van der Waals surface area contributed by atoms with Crippen LogP contribution in [0, 0.1) is 0 Å². The van der Waals surface area contributed by atoms with Crippen LogP contribution in [0.2, 0.25) is 5.02 Å². The van der Waals surface area contributed by atoms with Gasteiger partial charge < -0.3 is 18.8 Å². The SMILES string of the molecule is CCOC(=O)c1c2ccc(Cl)cc2c(-c2ccccc2)n1CCCN(C(C)OC)C(C)OC. The minimum atomic E-state index is -0.334. The van der Waals surface area contributed by atoms with E-state index in [0.717, 1.165) is 35.0 Å². The molecule has 0 radical (unpaired) electrons. The number of methoxy groups -OCH3 is 2. The highest BCUT2D eigenvalue weighted by molar-refractivity contribution is 6.31. The summed E-state index contributed by atoms with van der Waals surface area (Å²) in [5.74, 6) is -0.334. The molecule has 2 atom stereocenters. The van der Waals surface area contributed by atoms with Gasteiger partial charge in [-0.05, 0) is 44.9 Å². The number of esters is 1. The third-order valence-electron chi connectivity index (χ3n) is 5.96. The van der Waals surface area contributed by atoms with Gasteiger partial charge in [0.2, 0.25) is 0 Å². The number of carbonyl (C=O) groups excluding carboxylic acids is 1. The normalized spacial score (nSPS) is 13.4. The van der Waals surface area contributed by atoms with E-state index < -0.39 is 0 Å². The second-order valence-corrected chi connectivity index (χ2v) is 8.32.